The van der Waals surface area contributed by atoms with E-state index in [0.29, 0.717) is 28.6 Å². The van der Waals surface area contributed by atoms with Gasteiger partial charge in [0.25, 0.3) is 0 Å². The molecule has 0 N–H and O–H groups in total. The summed E-state index contributed by atoms with van der Waals surface area (Å²) in [7, 11) is 0. The van der Waals surface area contributed by atoms with Crippen molar-refractivity contribution in [3.8, 4) is 11.5 Å². The summed E-state index contributed by atoms with van der Waals surface area (Å²) in [6, 6.07) is 14.2. The second kappa shape index (κ2) is 6.61. The van der Waals surface area contributed by atoms with Gasteiger partial charge < -0.3 is 4.74 Å². The van der Waals surface area contributed by atoms with Crippen molar-refractivity contribution in [2.24, 2.45) is 17.8 Å². The molecule has 0 spiro atoms. The van der Waals surface area contributed by atoms with Crippen LogP contribution >= 0.6 is 11.6 Å². The third-order valence-corrected chi connectivity index (χ3v) is 5.34. The van der Waals surface area contributed by atoms with Gasteiger partial charge in [-0.15, -0.1) is 0 Å². The molecule has 2 aliphatic rings. The summed E-state index contributed by atoms with van der Waals surface area (Å²) >= 11 is 6.10. The zero-order valence-corrected chi connectivity index (χ0v) is 15.0. The molecule has 26 heavy (non-hydrogen) atoms. The van der Waals surface area contributed by atoms with E-state index in [-0.39, 0.29) is 29.6 Å². The maximum atomic E-state index is 12.8. The number of benzene rings is 2. The highest BCUT2D eigenvalue weighted by atomic mass is 35.5. The predicted octanol–water partition coefficient (Wildman–Crippen LogP) is 4.83. The summed E-state index contributed by atoms with van der Waals surface area (Å²) in [6.45, 7) is 1.99. The molecule has 2 aromatic rings. The first-order valence-corrected chi connectivity index (χ1v) is 9.01. The lowest BCUT2D eigenvalue weighted by Crippen LogP contribution is -2.31. The number of hydrogen-bond acceptors (Lipinski definition) is 3. The van der Waals surface area contributed by atoms with Crippen LogP contribution in [-0.4, -0.2) is 11.8 Å². The minimum atomic E-state index is -0.258. The summed E-state index contributed by atoms with van der Waals surface area (Å²) in [5, 5.41) is 0.520. The molecule has 1 heterocycles. The fraction of sp³-hybridized carbons (Fsp3) is 0.238. The first-order chi connectivity index (χ1) is 12.6. The molecule has 1 aliphatic carbocycles. The van der Waals surface area contributed by atoms with Gasteiger partial charge in [0.05, 0.1) is 22.5 Å². The van der Waals surface area contributed by atoms with Crippen LogP contribution in [-0.2, 0) is 9.59 Å². The van der Waals surface area contributed by atoms with Crippen LogP contribution < -0.4 is 9.64 Å². The van der Waals surface area contributed by atoms with E-state index >= 15 is 0 Å². The number of halogens is 1. The Morgan fingerprint density at radius 3 is 2.46 bits per heavy atom. The molecule has 5 heteroatoms. The molecule has 4 rings (SSSR count). The summed E-state index contributed by atoms with van der Waals surface area (Å²) in [6.07, 6.45) is 4.65. The van der Waals surface area contributed by atoms with E-state index in [1.54, 1.807) is 36.4 Å². The number of nitrogens with zero attached hydrogens (tertiary/aromatic N) is 1. The number of amides is 2. The molecule has 0 saturated carbocycles. The quantitative estimate of drug-likeness (QED) is 0.576. The van der Waals surface area contributed by atoms with Gasteiger partial charge in [0, 0.05) is 0 Å². The molecule has 4 nitrogen and oxygen atoms in total. The van der Waals surface area contributed by atoms with Crippen LogP contribution in [0, 0.1) is 17.8 Å². The number of carbonyl (C=O) groups excluding carboxylic acids is 2. The van der Waals surface area contributed by atoms with Gasteiger partial charge in [-0.3, -0.25) is 14.5 Å². The zero-order valence-electron chi connectivity index (χ0n) is 14.3. The van der Waals surface area contributed by atoms with Crippen molar-refractivity contribution in [1.82, 2.24) is 0 Å². The van der Waals surface area contributed by atoms with E-state index < -0.39 is 0 Å². The molecular weight excluding hydrogens is 350 g/mol. The molecule has 2 amide bonds. The van der Waals surface area contributed by atoms with E-state index in [9.17, 15) is 9.59 Å². The molecule has 3 atom stereocenters. The maximum Gasteiger partial charge on any atom is 0.238 e. The minimum absolute atomic E-state index is 0.0815. The average molecular weight is 368 g/mol. The fourth-order valence-corrected chi connectivity index (χ4v) is 3.89. The van der Waals surface area contributed by atoms with Gasteiger partial charge in [0.1, 0.15) is 11.5 Å². The molecule has 0 unspecified atom stereocenters. The molecule has 1 saturated heterocycles. The van der Waals surface area contributed by atoms with Crippen LogP contribution in [0.15, 0.2) is 60.7 Å². The Morgan fingerprint density at radius 1 is 1.04 bits per heavy atom. The number of para-hydroxylation sites is 1. The van der Waals surface area contributed by atoms with Gasteiger partial charge in [0.2, 0.25) is 11.8 Å². The van der Waals surface area contributed by atoms with Crippen LogP contribution in [0.4, 0.5) is 5.69 Å². The third-order valence-electron chi connectivity index (χ3n) is 5.03. The highest BCUT2D eigenvalue weighted by Gasteiger charge is 2.50. The van der Waals surface area contributed by atoms with E-state index in [4.69, 9.17) is 16.3 Å². The van der Waals surface area contributed by atoms with Crippen LogP contribution in [0.2, 0.25) is 5.02 Å². The average Bonchev–Trinajstić information content (AvgIpc) is 2.90. The second-order valence-corrected chi connectivity index (χ2v) is 7.10. The van der Waals surface area contributed by atoms with Crippen LogP contribution in [0.5, 0.6) is 11.5 Å². The van der Waals surface area contributed by atoms with Gasteiger partial charge in [-0.1, -0.05) is 42.8 Å². The van der Waals surface area contributed by atoms with Crippen molar-refractivity contribution in [3.63, 3.8) is 0 Å². The van der Waals surface area contributed by atoms with Crippen LogP contribution in [0.1, 0.15) is 13.3 Å². The Hall–Kier alpha value is -2.59. The Bertz CT molecular complexity index is 890. The summed E-state index contributed by atoms with van der Waals surface area (Å²) in [5.41, 5.74) is 0.577. The molecule has 132 valence electrons. The lowest BCUT2D eigenvalue weighted by atomic mass is 9.78. The number of rotatable bonds is 3. The van der Waals surface area contributed by atoms with Gasteiger partial charge in [-0.2, -0.15) is 0 Å². The van der Waals surface area contributed by atoms with Crippen molar-refractivity contribution in [3.05, 3.63) is 65.7 Å². The Labute approximate surface area is 157 Å². The van der Waals surface area contributed by atoms with Gasteiger partial charge in [-0.05, 0) is 48.7 Å². The minimum Gasteiger partial charge on any atom is -0.456 e. The molecule has 2 aromatic carbocycles. The van der Waals surface area contributed by atoms with Gasteiger partial charge >= 0.3 is 0 Å². The molecule has 0 aromatic heterocycles. The molecule has 0 bridgehead atoms. The smallest absolute Gasteiger partial charge is 0.238 e. The van der Waals surface area contributed by atoms with E-state index in [0.717, 1.165) is 0 Å². The van der Waals surface area contributed by atoms with E-state index in [2.05, 4.69) is 0 Å². The topological polar surface area (TPSA) is 46.6 Å². The van der Waals surface area contributed by atoms with Crippen molar-refractivity contribution in [1.29, 1.82) is 0 Å². The summed E-state index contributed by atoms with van der Waals surface area (Å²) in [4.78, 5) is 26.9. The Balaban J connectivity index is 1.57. The number of anilines is 1. The third kappa shape index (κ3) is 2.80. The maximum absolute atomic E-state index is 12.8. The van der Waals surface area contributed by atoms with Crippen molar-refractivity contribution in [2.45, 2.75) is 13.3 Å². The van der Waals surface area contributed by atoms with Gasteiger partial charge in [0.15, 0.2) is 0 Å². The monoisotopic (exact) mass is 367 g/mol. The largest absolute Gasteiger partial charge is 0.456 e. The standard InChI is InChI=1S/C21H18ClNO3/c1-13-5-4-6-16-19(13)21(25)23(20(16)24)14-9-11-15(12-10-14)26-18-8-3-2-7-17(18)22/h2-5,7-13,16,19H,6H2,1H3/t13-,16-,19+/m1/s1. The van der Waals surface area contributed by atoms with Crippen molar-refractivity contribution in [2.75, 3.05) is 4.90 Å². The molecule has 0 radical (unpaired) electrons. The highest BCUT2D eigenvalue weighted by Crippen LogP contribution is 2.40. The van der Waals surface area contributed by atoms with Crippen molar-refractivity contribution >= 4 is 29.1 Å². The van der Waals surface area contributed by atoms with Gasteiger partial charge in [-0.25, -0.2) is 0 Å². The van der Waals surface area contributed by atoms with E-state index in [1.807, 2.05) is 31.2 Å². The summed E-state index contributed by atoms with van der Waals surface area (Å²) < 4.78 is 5.76. The zero-order chi connectivity index (χ0) is 18.3. The number of imide groups is 1. The molecule has 1 aliphatic heterocycles. The SMILES string of the molecule is C[C@@H]1C=CC[C@H]2C(=O)N(c3ccc(Oc4ccccc4Cl)cc3)C(=O)[C@@H]12. The van der Waals surface area contributed by atoms with Crippen LogP contribution in [0.3, 0.4) is 0 Å². The summed E-state index contributed by atoms with van der Waals surface area (Å²) in [5.74, 6) is 0.494. The predicted molar refractivity (Wildman–Crippen MR) is 100 cm³/mol. The molecular formula is C21H18ClNO3. The molecule has 1 fully saturated rings. The number of hydrogen-bond donors (Lipinski definition) is 0. The lowest BCUT2D eigenvalue weighted by Gasteiger charge is -2.22. The highest BCUT2D eigenvalue weighted by molar-refractivity contribution is 6.32. The number of allylic oxidation sites excluding steroid dienone is 2. The fourth-order valence-electron chi connectivity index (χ4n) is 3.72. The number of ether oxygens (including phenoxy) is 1. The van der Waals surface area contributed by atoms with Crippen LogP contribution in [0.25, 0.3) is 0 Å². The van der Waals surface area contributed by atoms with E-state index in [1.165, 1.54) is 4.90 Å². The second-order valence-electron chi connectivity index (χ2n) is 6.69. The number of fused-ring (bicyclic) bond motifs is 1. The number of carbonyl (C=O) groups is 2. The van der Waals surface area contributed by atoms with Crippen molar-refractivity contribution < 1.29 is 14.3 Å². The normalized spacial score (nSPS) is 24.7. The lowest BCUT2D eigenvalue weighted by molar-refractivity contribution is -0.122. The first-order valence-electron chi connectivity index (χ1n) is 8.63. The Morgan fingerprint density at radius 2 is 1.77 bits per heavy atom. The Kier molecular flexibility index (Phi) is 4.29. The first kappa shape index (κ1) is 16.9.